The Morgan fingerprint density at radius 1 is 0.860 bits per heavy atom. The number of carboxylic acids is 1. The van der Waals surface area contributed by atoms with Crippen molar-refractivity contribution < 1.29 is 19.1 Å². The second-order valence-electron chi connectivity index (χ2n) is 10.5. The number of amides is 1. The second kappa shape index (κ2) is 11.7. The van der Waals surface area contributed by atoms with Crippen LogP contribution in [0.1, 0.15) is 44.8 Å². The minimum Gasteiger partial charge on any atom is -0.478 e. The van der Waals surface area contributed by atoms with Gasteiger partial charge in [0.05, 0.1) is 22.7 Å². The summed E-state index contributed by atoms with van der Waals surface area (Å²) < 4.78 is 15.7. The number of nitrogens with one attached hydrogen (secondary N) is 1. The number of rotatable bonds is 8. The predicted octanol–water partition coefficient (Wildman–Crippen LogP) is 7.75. The Bertz CT molecular complexity index is 1910. The molecule has 2 N–H and O–H groups in total. The van der Waals surface area contributed by atoms with Gasteiger partial charge in [-0.05, 0) is 88.8 Å². The highest BCUT2D eigenvalue weighted by Gasteiger charge is 2.19. The van der Waals surface area contributed by atoms with Crippen LogP contribution in [0.4, 0.5) is 4.39 Å². The molecule has 0 saturated heterocycles. The van der Waals surface area contributed by atoms with Crippen molar-refractivity contribution >= 4 is 22.8 Å². The van der Waals surface area contributed by atoms with Gasteiger partial charge in [-0.3, -0.25) is 9.78 Å². The van der Waals surface area contributed by atoms with Gasteiger partial charge in [0.2, 0.25) is 0 Å². The number of fused-ring (bicyclic) bond motifs is 1. The Hall–Kier alpha value is -5.56. The number of nitrogens with zero attached hydrogens (tertiary/aromatic N) is 2. The van der Waals surface area contributed by atoms with Gasteiger partial charge in [-0.15, -0.1) is 0 Å². The fourth-order valence-electron chi connectivity index (χ4n) is 5.27. The molecule has 43 heavy (non-hydrogen) atoms. The summed E-state index contributed by atoms with van der Waals surface area (Å²) in [6, 6.07) is 30.3. The van der Waals surface area contributed by atoms with Crippen LogP contribution in [0.2, 0.25) is 0 Å². The van der Waals surface area contributed by atoms with Crippen molar-refractivity contribution in [1.29, 1.82) is 0 Å². The molecule has 0 aliphatic carbocycles. The first-order valence-electron chi connectivity index (χ1n) is 13.9. The number of carbonyl (C=O) groups is 2. The van der Waals surface area contributed by atoms with Crippen molar-refractivity contribution in [2.45, 2.75) is 19.5 Å². The Morgan fingerprint density at radius 2 is 1.56 bits per heavy atom. The third-order valence-corrected chi connectivity index (χ3v) is 7.59. The molecule has 0 fully saturated rings. The van der Waals surface area contributed by atoms with Crippen molar-refractivity contribution in [1.82, 2.24) is 14.9 Å². The second-order valence-corrected chi connectivity index (χ2v) is 10.5. The van der Waals surface area contributed by atoms with Gasteiger partial charge in [-0.2, -0.15) is 0 Å². The first-order chi connectivity index (χ1) is 20.9. The summed E-state index contributed by atoms with van der Waals surface area (Å²) in [5.41, 5.74) is 7.03. The molecule has 1 amide bonds. The lowest BCUT2D eigenvalue weighted by molar-refractivity contribution is 0.0696. The highest BCUT2D eigenvalue weighted by molar-refractivity contribution is 6.08. The van der Waals surface area contributed by atoms with E-state index >= 15 is 0 Å². The van der Waals surface area contributed by atoms with Crippen molar-refractivity contribution in [3.8, 4) is 22.3 Å². The number of hydrogen-bond donors (Lipinski definition) is 2. The van der Waals surface area contributed by atoms with Gasteiger partial charge in [-0.1, -0.05) is 54.6 Å². The normalized spacial score (nSPS) is 11.8. The number of hydrogen-bond acceptors (Lipinski definition) is 3. The molecule has 6 aromatic rings. The molecule has 212 valence electrons. The number of aromatic carboxylic acids is 1. The summed E-state index contributed by atoms with van der Waals surface area (Å²) in [6.07, 6.45) is 5.55. The molecule has 0 saturated carbocycles. The van der Waals surface area contributed by atoms with Crippen molar-refractivity contribution in [2.75, 3.05) is 0 Å². The summed E-state index contributed by atoms with van der Waals surface area (Å²) in [6.45, 7) is 2.41. The number of aromatic nitrogens is 2. The van der Waals surface area contributed by atoms with Crippen LogP contribution >= 0.6 is 0 Å². The van der Waals surface area contributed by atoms with Gasteiger partial charge in [0.25, 0.3) is 5.91 Å². The minimum atomic E-state index is -1.00. The summed E-state index contributed by atoms with van der Waals surface area (Å²) >= 11 is 0. The fourth-order valence-corrected chi connectivity index (χ4v) is 5.27. The van der Waals surface area contributed by atoms with E-state index in [0.29, 0.717) is 12.1 Å². The lowest BCUT2D eigenvalue weighted by Gasteiger charge is -2.17. The fraction of sp³-hybridized carbons (Fsp3) is 0.0833. The highest BCUT2D eigenvalue weighted by Crippen LogP contribution is 2.30. The summed E-state index contributed by atoms with van der Waals surface area (Å²) in [5.74, 6) is -1.60. The van der Waals surface area contributed by atoms with Crippen LogP contribution in [0, 0.1) is 5.82 Å². The molecule has 1 atom stereocenters. The van der Waals surface area contributed by atoms with E-state index in [0.717, 1.165) is 44.3 Å². The third kappa shape index (κ3) is 5.92. The Morgan fingerprint density at radius 3 is 2.23 bits per heavy atom. The van der Waals surface area contributed by atoms with Gasteiger partial charge in [0.1, 0.15) is 5.82 Å². The molecule has 6 rings (SSSR count). The van der Waals surface area contributed by atoms with Crippen LogP contribution in [0.5, 0.6) is 0 Å². The average molecular weight is 570 g/mol. The first-order valence-corrected chi connectivity index (χ1v) is 13.9. The van der Waals surface area contributed by atoms with Gasteiger partial charge < -0.3 is 15.0 Å². The maximum absolute atomic E-state index is 13.9. The zero-order chi connectivity index (χ0) is 29.9. The Balaban J connectivity index is 1.35. The van der Waals surface area contributed by atoms with E-state index in [1.165, 1.54) is 24.3 Å². The molecule has 4 aromatic carbocycles. The van der Waals surface area contributed by atoms with Crippen LogP contribution in [0.15, 0.2) is 122 Å². The zero-order valence-electron chi connectivity index (χ0n) is 23.4. The lowest BCUT2D eigenvalue weighted by Crippen LogP contribution is -2.27. The van der Waals surface area contributed by atoms with Gasteiger partial charge in [0.15, 0.2) is 0 Å². The van der Waals surface area contributed by atoms with E-state index in [2.05, 4.69) is 39.1 Å². The number of pyridine rings is 1. The Kier molecular flexibility index (Phi) is 7.54. The van der Waals surface area contributed by atoms with Gasteiger partial charge in [0, 0.05) is 30.5 Å². The molecule has 6 nitrogen and oxygen atoms in total. The topological polar surface area (TPSA) is 84.2 Å². The van der Waals surface area contributed by atoms with E-state index in [1.54, 1.807) is 30.5 Å². The predicted molar refractivity (Wildman–Crippen MR) is 165 cm³/mol. The van der Waals surface area contributed by atoms with E-state index in [-0.39, 0.29) is 23.3 Å². The van der Waals surface area contributed by atoms with E-state index in [9.17, 15) is 19.1 Å². The third-order valence-electron chi connectivity index (χ3n) is 7.59. The summed E-state index contributed by atoms with van der Waals surface area (Å²) in [5, 5.41) is 13.2. The summed E-state index contributed by atoms with van der Waals surface area (Å²) in [7, 11) is 0. The number of carbonyl (C=O) groups excluding carboxylic acids is 1. The number of carboxylic acid groups (broad SMARTS) is 1. The molecule has 0 aliphatic heterocycles. The van der Waals surface area contributed by atoms with E-state index in [4.69, 9.17) is 0 Å². The molecular formula is C36H28FN3O3. The van der Waals surface area contributed by atoms with Crippen LogP contribution in [-0.2, 0) is 6.54 Å². The molecule has 0 unspecified atom stereocenters. The van der Waals surface area contributed by atoms with Crippen molar-refractivity contribution in [3.63, 3.8) is 0 Å². The SMILES string of the molecule is C[C@H](NC(=O)c1cc(-c2ccc(F)cc2)cc2ccn(Cc3ccc(-c4cccnc4)cc3)c12)c1ccc(C(=O)O)cc1. The quantitative estimate of drug-likeness (QED) is 0.196. The zero-order valence-corrected chi connectivity index (χ0v) is 23.4. The van der Waals surface area contributed by atoms with Crippen LogP contribution in [-0.4, -0.2) is 26.5 Å². The van der Waals surface area contributed by atoms with Crippen LogP contribution in [0.3, 0.4) is 0 Å². The molecule has 2 aromatic heterocycles. The van der Waals surface area contributed by atoms with Crippen molar-refractivity contribution in [3.05, 3.63) is 150 Å². The van der Waals surface area contributed by atoms with Gasteiger partial charge in [-0.25, -0.2) is 9.18 Å². The smallest absolute Gasteiger partial charge is 0.335 e. The van der Waals surface area contributed by atoms with E-state index < -0.39 is 5.97 Å². The molecule has 0 radical (unpaired) electrons. The standard InChI is InChI=1S/C36H28FN3O3/c1-23(25-8-10-28(11-9-25)36(42)43)39-35(41)33-20-31(27-12-14-32(37)15-13-27)19-29-16-18-40(34(29)33)22-24-4-6-26(7-5-24)30-3-2-17-38-21-30/h2-21,23H,22H2,1H3,(H,39,41)(H,42,43)/t23-/m0/s1. The monoisotopic (exact) mass is 569 g/mol. The van der Waals surface area contributed by atoms with Gasteiger partial charge >= 0.3 is 5.97 Å². The molecule has 2 heterocycles. The van der Waals surface area contributed by atoms with Crippen LogP contribution in [0.25, 0.3) is 33.2 Å². The van der Waals surface area contributed by atoms with E-state index in [1.807, 2.05) is 49.6 Å². The van der Waals surface area contributed by atoms with Crippen molar-refractivity contribution in [2.24, 2.45) is 0 Å². The molecular weight excluding hydrogens is 541 g/mol. The maximum atomic E-state index is 13.9. The average Bonchev–Trinajstić information content (AvgIpc) is 3.44. The number of halogens is 1. The largest absolute Gasteiger partial charge is 0.478 e. The number of benzene rings is 4. The first kappa shape index (κ1) is 27.6. The molecule has 0 spiro atoms. The maximum Gasteiger partial charge on any atom is 0.335 e. The van der Waals surface area contributed by atoms with Crippen LogP contribution < -0.4 is 5.32 Å². The molecule has 0 aliphatic rings. The minimum absolute atomic E-state index is 0.183. The molecule has 7 heteroatoms. The summed E-state index contributed by atoms with van der Waals surface area (Å²) in [4.78, 5) is 29.3. The molecule has 0 bridgehead atoms. The highest BCUT2D eigenvalue weighted by atomic mass is 19.1. The lowest BCUT2D eigenvalue weighted by atomic mass is 9.99. The Labute approximate surface area is 248 Å².